The van der Waals surface area contributed by atoms with Gasteiger partial charge in [-0.15, -0.1) is 0 Å². The molecule has 1 saturated carbocycles. The number of nitrogens with zero attached hydrogens (tertiary/aromatic N) is 1. The SMILES string of the molecule is Cc1c2c(c(C)c3cc(CC(C)C)ccc13)[Si](C)(C)c1cc(C3CCCCC3)cc3cc[n+](C)c-2c13. The van der Waals surface area contributed by atoms with Crippen molar-refractivity contribution in [2.45, 2.75) is 85.2 Å². The lowest BCUT2D eigenvalue weighted by Gasteiger charge is -2.36. The lowest BCUT2D eigenvalue weighted by Crippen LogP contribution is -2.59. The molecule has 1 nitrogen and oxygen atoms in total. The van der Waals surface area contributed by atoms with E-state index in [-0.39, 0.29) is 0 Å². The Bertz CT molecular complexity index is 1520. The van der Waals surface area contributed by atoms with Gasteiger partial charge in [-0.25, -0.2) is 4.57 Å². The number of aromatic nitrogens is 1. The topological polar surface area (TPSA) is 3.88 Å². The first kappa shape index (κ1) is 23.9. The highest BCUT2D eigenvalue weighted by Crippen LogP contribution is 2.40. The molecule has 1 fully saturated rings. The maximum absolute atomic E-state index is 2.67. The molecular weight excluding hydrogens is 450 g/mol. The summed E-state index contributed by atoms with van der Waals surface area (Å²) < 4.78 is 2.40. The van der Waals surface area contributed by atoms with Crippen LogP contribution in [-0.2, 0) is 13.5 Å². The smallest absolute Gasteiger partial charge is 0.200 e. The molecule has 2 heterocycles. The Kier molecular flexibility index (Phi) is 5.68. The molecule has 3 aromatic carbocycles. The quantitative estimate of drug-likeness (QED) is 0.206. The fraction of sp³-hybridized carbons (Fsp3) is 0.441. The van der Waals surface area contributed by atoms with Gasteiger partial charge < -0.3 is 0 Å². The fourth-order valence-electron chi connectivity index (χ4n) is 7.68. The van der Waals surface area contributed by atoms with Gasteiger partial charge in [-0.2, -0.15) is 0 Å². The lowest BCUT2D eigenvalue weighted by atomic mass is 9.83. The Balaban J connectivity index is 1.69. The molecule has 0 N–H and O–H groups in total. The van der Waals surface area contributed by atoms with Crippen molar-refractivity contribution in [1.82, 2.24) is 0 Å². The number of aryl methyl sites for hydroxylation is 3. The average Bonchev–Trinajstić information content (AvgIpc) is 2.85. The fourth-order valence-corrected chi connectivity index (χ4v) is 11.4. The first-order valence-electron chi connectivity index (χ1n) is 14.2. The zero-order valence-corrected chi connectivity index (χ0v) is 24.4. The number of pyridine rings is 1. The summed E-state index contributed by atoms with van der Waals surface area (Å²) in [4.78, 5) is 0. The van der Waals surface area contributed by atoms with E-state index in [4.69, 9.17) is 0 Å². The van der Waals surface area contributed by atoms with Crippen molar-refractivity contribution in [1.29, 1.82) is 0 Å². The van der Waals surface area contributed by atoms with Crippen LogP contribution in [0, 0.1) is 19.8 Å². The van der Waals surface area contributed by atoms with E-state index in [2.05, 4.69) is 95.0 Å². The molecule has 0 radical (unpaired) electrons. The van der Waals surface area contributed by atoms with Gasteiger partial charge in [0.1, 0.15) is 15.1 Å². The summed E-state index contributed by atoms with van der Waals surface area (Å²) >= 11 is 0. The second kappa shape index (κ2) is 8.55. The van der Waals surface area contributed by atoms with Crippen LogP contribution in [0.4, 0.5) is 0 Å². The normalized spacial score (nSPS) is 17.2. The van der Waals surface area contributed by atoms with Crippen LogP contribution in [0.2, 0.25) is 13.1 Å². The molecule has 186 valence electrons. The monoisotopic (exact) mass is 492 g/mol. The van der Waals surface area contributed by atoms with Gasteiger partial charge in [0.2, 0.25) is 5.69 Å². The minimum atomic E-state index is -1.94. The van der Waals surface area contributed by atoms with Crippen LogP contribution < -0.4 is 14.9 Å². The maximum Gasteiger partial charge on any atom is 0.220 e. The first-order valence-corrected chi connectivity index (χ1v) is 17.2. The highest BCUT2D eigenvalue weighted by molar-refractivity contribution is 7.03. The molecule has 0 saturated heterocycles. The Hall–Kier alpha value is -2.45. The number of hydrogen-bond donors (Lipinski definition) is 0. The van der Waals surface area contributed by atoms with Gasteiger partial charge in [0.25, 0.3) is 0 Å². The van der Waals surface area contributed by atoms with E-state index in [0.29, 0.717) is 5.92 Å². The van der Waals surface area contributed by atoms with E-state index >= 15 is 0 Å². The van der Waals surface area contributed by atoms with Crippen molar-refractivity contribution < 1.29 is 4.57 Å². The standard InChI is InChI=1S/C34H42NSi/c1-21(2)17-24-13-14-28-22(3)31-33-32-26(15-16-35(33)5)19-27(25-11-9-8-10-12-25)20-30(32)36(6,7)34(31)23(4)29(28)18-24/h13-16,18-21,25H,8-12,17H2,1-7H3/q+1. The van der Waals surface area contributed by atoms with Crippen molar-refractivity contribution in [3.63, 3.8) is 0 Å². The van der Waals surface area contributed by atoms with E-state index in [0.717, 1.165) is 12.3 Å². The molecule has 2 aliphatic rings. The molecule has 0 unspecified atom stereocenters. The van der Waals surface area contributed by atoms with Crippen molar-refractivity contribution in [2.75, 3.05) is 0 Å². The summed E-state index contributed by atoms with van der Waals surface area (Å²) in [5.74, 6) is 1.41. The van der Waals surface area contributed by atoms with Crippen LogP contribution in [-0.4, -0.2) is 8.07 Å². The molecule has 4 aromatic rings. The second-order valence-corrected chi connectivity index (χ2v) is 17.0. The van der Waals surface area contributed by atoms with Crippen LogP contribution in [0.25, 0.3) is 32.8 Å². The van der Waals surface area contributed by atoms with Crippen molar-refractivity contribution in [3.8, 4) is 11.3 Å². The molecule has 36 heavy (non-hydrogen) atoms. The lowest BCUT2D eigenvalue weighted by molar-refractivity contribution is -0.659. The minimum Gasteiger partial charge on any atom is -0.200 e. The molecule has 0 bridgehead atoms. The summed E-state index contributed by atoms with van der Waals surface area (Å²) in [5.41, 5.74) is 9.04. The maximum atomic E-state index is 2.67. The van der Waals surface area contributed by atoms with Crippen molar-refractivity contribution >= 4 is 40.0 Å². The Morgan fingerprint density at radius 1 is 0.917 bits per heavy atom. The molecule has 1 aromatic heterocycles. The van der Waals surface area contributed by atoms with Crippen molar-refractivity contribution in [2.24, 2.45) is 13.0 Å². The predicted molar refractivity (Wildman–Crippen MR) is 159 cm³/mol. The van der Waals surface area contributed by atoms with Gasteiger partial charge in [-0.1, -0.05) is 76.5 Å². The zero-order valence-electron chi connectivity index (χ0n) is 23.4. The van der Waals surface area contributed by atoms with Gasteiger partial charge in [0.15, 0.2) is 6.20 Å². The zero-order chi connectivity index (χ0) is 25.4. The minimum absolute atomic E-state index is 0.675. The molecule has 2 heteroatoms. The average molecular weight is 493 g/mol. The number of hydrogen-bond acceptors (Lipinski definition) is 0. The molecule has 0 amide bonds. The van der Waals surface area contributed by atoms with Crippen LogP contribution >= 0.6 is 0 Å². The van der Waals surface area contributed by atoms with E-state index in [1.165, 1.54) is 81.6 Å². The number of fused-ring (bicyclic) bond motifs is 3. The number of benzene rings is 3. The summed E-state index contributed by atoms with van der Waals surface area (Å²) in [6.45, 7) is 14.7. The molecule has 1 aliphatic carbocycles. The van der Waals surface area contributed by atoms with Gasteiger partial charge in [-0.3, -0.25) is 0 Å². The van der Waals surface area contributed by atoms with Crippen LogP contribution in [0.5, 0.6) is 0 Å². The third kappa shape index (κ3) is 3.51. The summed E-state index contributed by atoms with van der Waals surface area (Å²) in [5, 5.41) is 9.23. The van der Waals surface area contributed by atoms with Crippen LogP contribution in [0.3, 0.4) is 0 Å². The van der Waals surface area contributed by atoms with E-state index < -0.39 is 8.07 Å². The van der Waals surface area contributed by atoms with Gasteiger partial charge in [0, 0.05) is 6.07 Å². The molecular formula is C34H42NSi+. The number of rotatable bonds is 3. The highest BCUT2D eigenvalue weighted by Gasteiger charge is 2.42. The highest BCUT2D eigenvalue weighted by atomic mass is 28.3. The molecule has 1 aliphatic heterocycles. The summed E-state index contributed by atoms with van der Waals surface area (Å²) in [7, 11) is 0.316. The molecule has 0 atom stereocenters. The summed E-state index contributed by atoms with van der Waals surface area (Å²) in [6, 6.07) is 14.9. The Morgan fingerprint density at radius 3 is 2.39 bits per heavy atom. The van der Waals surface area contributed by atoms with E-state index in [9.17, 15) is 0 Å². The largest absolute Gasteiger partial charge is 0.220 e. The Labute approximate surface area is 218 Å². The van der Waals surface area contributed by atoms with E-state index in [1.54, 1.807) is 15.9 Å². The molecule has 6 rings (SSSR count). The van der Waals surface area contributed by atoms with Gasteiger partial charge in [-0.05, 0) is 93.7 Å². The second-order valence-electron chi connectivity index (χ2n) is 12.7. The van der Waals surface area contributed by atoms with Crippen molar-refractivity contribution in [3.05, 3.63) is 64.8 Å². The third-order valence-electron chi connectivity index (χ3n) is 9.41. The third-order valence-corrected chi connectivity index (χ3v) is 13.0. The van der Waals surface area contributed by atoms with Gasteiger partial charge >= 0.3 is 0 Å². The molecule has 0 spiro atoms. The van der Waals surface area contributed by atoms with Crippen LogP contribution in [0.1, 0.15) is 74.1 Å². The summed E-state index contributed by atoms with van der Waals surface area (Å²) in [6.07, 6.45) is 10.4. The van der Waals surface area contributed by atoms with Gasteiger partial charge in [0.05, 0.1) is 10.9 Å². The van der Waals surface area contributed by atoms with E-state index in [1.807, 2.05) is 0 Å². The first-order chi connectivity index (χ1) is 17.2. The Morgan fingerprint density at radius 2 is 1.67 bits per heavy atom. The van der Waals surface area contributed by atoms with Crippen LogP contribution in [0.15, 0.2) is 42.6 Å². The predicted octanol–water partition coefficient (Wildman–Crippen LogP) is 7.48.